The molecule has 0 atom stereocenters. The molecule has 0 fully saturated rings. The number of aliphatic carboxylic acids is 1. The van der Waals surface area contributed by atoms with Crippen LogP contribution < -0.4 is 20.8 Å². The number of unbranched alkanes of at least 4 members (excludes halogenated alkanes) is 1. The molecule has 0 aliphatic carbocycles. The number of amides is 1. The predicted octanol–water partition coefficient (Wildman–Crippen LogP) is 0.380. The number of benzene rings is 1. The SMILES string of the molecule is CCCCc1cc(=O)oc2cc(OCC(=O)NCC(=O)[O-])ccc12. The van der Waals surface area contributed by atoms with Gasteiger partial charge in [-0.3, -0.25) is 4.79 Å². The summed E-state index contributed by atoms with van der Waals surface area (Å²) < 4.78 is 10.5. The Morgan fingerprint density at radius 1 is 1.29 bits per heavy atom. The highest BCUT2D eigenvalue weighted by Crippen LogP contribution is 2.23. The van der Waals surface area contributed by atoms with Crippen LogP contribution in [0.5, 0.6) is 5.75 Å². The number of carboxylic acids is 1. The number of nitrogens with one attached hydrogen (secondary N) is 1. The summed E-state index contributed by atoms with van der Waals surface area (Å²) in [5.41, 5.74) is 0.875. The quantitative estimate of drug-likeness (QED) is 0.700. The molecule has 24 heavy (non-hydrogen) atoms. The van der Waals surface area contributed by atoms with E-state index in [-0.39, 0.29) is 6.61 Å². The third kappa shape index (κ3) is 4.84. The Morgan fingerprint density at radius 3 is 2.79 bits per heavy atom. The van der Waals surface area contributed by atoms with Crippen LogP contribution in [0, 0.1) is 0 Å². The van der Waals surface area contributed by atoms with Crippen LogP contribution in [-0.4, -0.2) is 25.0 Å². The van der Waals surface area contributed by atoms with Gasteiger partial charge in [-0.2, -0.15) is 0 Å². The molecule has 0 aliphatic rings. The van der Waals surface area contributed by atoms with Crippen LogP contribution in [0.2, 0.25) is 0 Å². The molecule has 0 saturated carbocycles. The van der Waals surface area contributed by atoms with Gasteiger partial charge in [0.25, 0.3) is 5.91 Å². The third-order valence-electron chi connectivity index (χ3n) is 3.40. The summed E-state index contributed by atoms with van der Waals surface area (Å²) in [4.78, 5) is 33.3. The molecule has 0 aliphatic heterocycles. The van der Waals surface area contributed by atoms with Crippen molar-refractivity contribution in [3.05, 3.63) is 40.2 Å². The van der Waals surface area contributed by atoms with Gasteiger partial charge in [0, 0.05) is 17.5 Å². The second-order valence-electron chi connectivity index (χ2n) is 5.29. The maximum absolute atomic E-state index is 11.7. The summed E-state index contributed by atoms with van der Waals surface area (Å²) in [7, 11) is 0. The Kier molecular flexibility index (Phi) is 5.95. The standard InChI is InChI=1S/C17H19NO6/c1-2-3-4-11-7-17(22)24-14-8-12(5-6-13(11)14)23-10-15(19)18-9-16(20)21/h5-8H,2-4,9-10H2,1H3,(H,18,19)(H,20,21)/p-1. The number of carbonyl (C=O) groups excluding carboxylic acids is 2. The van der Waals surface area contributed by atoms with Crippen LogP contribution in [0.1, 0.15) is 25.3 Å². The van der Waals surface area contributed by atoms with Crippen molar-refractivity contribution in [2.24, 2.45) is 0 Å². The van der Waals surface area contributed by atoms with Crippen LogP contribution in [-0.2, 0) is 16.0 Å². The van der Waals surface area contributed by atoms with Crippen LogP contribution in [0.3, 0.4) is 0 Å². The molecule has 0 bridgehead atoms. The average Bonchev–Trinajstić information content (AvgIpc) is 2.55. The van der Waals surface area contributed by atoms with Gasteiger partial charge < -0.3 is 24.4 Å². The Labute approximate surface area is 138 Å². The van der Waals surface area contributed by atoms with Crippen molar-refractivity contribution in [3.63, 3.8) is 0 Å². The maximum atomic E-state index is 11.7. The van der Waals surface area contributed by atoms with E-state index < -0.39 is 24.0 Å². The summed E-state index contributed by atoms with van der Waals surface area (Å²) in [6.45, 7) is 1.15. The molecule has 2 rings (SSSR count). The molecular formula is C17H18NO6-. The van der Waals surface area contributed by atoms with E-state index in [1.807, 2.05) is 0 Å². The molecule has 0 unspecified atom stereocenters. The number of aryl methyl sites for hydroxylation is 1. The minimum absolute atomic E-state index is 0.349. The van der Waals surface area contributed by atoms with Gasteiger partial charge in [-0.1, -0.05) is 13.3 Å². The summed E-state index contributed by atoms with van der Waals surface area (Å²) >= 11 is 0. The van der Waals surface area contributed by atoms with E-state index in [1.165, 1.54) is 12.1 Å². The van der Waals surface area contributed by atoms with Crippen LogP contribution in [0.25, 0.3) is 11.0 Å². The number of hydrogen-bond donors (Lipinski definition) is 1. The molecule has 0 radical (unpaired) electrons. The second kappa shape index (κ2) is 8.14. The fourth-order valence-corrected chi connectivity index (χ4v) is 2.24. The Morgan fingerprint density at radius 2 is 2.08 bits per heavy atom. The first-order valence-electron chi connectivity index (χ1n) is 7.65. The molecule has 7 nitrogen and oxygen atoms in total. The largest absolute Gasteiger partial charge is 0.548 e. The van der Waals surface area contributed by atoms with Crippen molar-refractivity contribution in [1.29, 1.82) is 0 Å². The summed E-state index contributed by atoms with van der Waals surface area (Å²) in [5.74, 6) is -1.62. The lowest BCUT2D eigenvalue weighted by molar-refractivity contribution is -0.304. The molecular weight excluding hydrogens is 314 g/mol. The molecule has 1 amide bonds. The highest BCUT2D eigenvalue weighted by atomic mass is 16.5. The molecule has 1 aromatic heterocycles. The Hall–Kier alpha value is -2.83. The number of rotatable bonds is 8. The highest BCUT2D eigenvalue weighted by molar-refractivity contribution is 5.83. The molecule has 1 heterocycles. The topological polar surface area (TPSA) is 109 Å². The van der Waals surface area contributed by atoms with Gasteiger partial charge in [0.05, 0.1) is 12.5 Å². The van der Waals surface area contributed by atoms with Crippen LogP contribution >= 0.6 is 0 Å². The van der Waals surface area contributed by atoms with Gasteiger partial charge in [-0.15, -0.1) is 0 Å². The zero-order valence-corrected chi connectivity index (χ0v) is 13.3. The lowest BCUT2D eigenvalue weighted by Crippen LogP contribution is -2.39. The monoisotopic (exact) mass is 332 g/mol. The number of fused-ring (bicyclic) bond motifs is 1. The molecule has 0 saturated heterocycles. The minimum atomic E-state index is -1.38. The molecule has 128 valence electrons. The van der Waals surface area contributed by atoms with E-state index in [9.17, 15) is 19.5 Å². The number of hydrogen-bond acceptors (Lipinski definition) is 6. The van der Waals surface area contributed by atoms with Gasteiger partial charge >= 0.3 is 5.63 Å². The van der Waals surface area contributed by atoms with Crippen molar-refractivity contribution >= 4 is 22.8 Å². The van der Waals surface area contributed by atoms with Crippen molar-refractivity contribution in [2.45, 2.75) is 26.2 Å². The van der Waals surface area contributed by atoms with E-state index >= 15 is 0 Å². The normalized spacial score (nSPS) is 10.5. The molecule has 7 heteroatoms. The third-order valence-corrected chi connectivity index (χ3v) is 3.40. The van der Waals surface area contributed by atoms with Crippen LogP contribution in [0.4, 0.5) is 0 Å². The Balaban J connectivity index is 2.12. The predicted molar refractivity (Wildman–Crippen MR) is 84.6 cm³/mol. The fraction of sp³-hybridized carbons (Fsp3) is 0.353. The molecule has 1 N–H and O–H groups in total. The zero-order chi connectivity index (χ0) is 17.5. The smallest absolute Gasteiger partial charge is 0.336 e. The summed E-state index contributed by atoms with van der Waals surface area (Å²) in [6.07, 6.45) is 2.77. The summed E-state index contributed by atoms with van der Waals surface area (Å²) in [6, 6.07) is 6.48. The van der Waals surface area contributed by atoms with E-state index in [4.69, 9.17) is 9.15 Å². The van der Waals surface area contributed by atoms with Gasteiger partial charge in [-0.05, 0) is 30.5 Å². The van der Waals surface area contributed by atoms with E-state index in [1.54, 1.807) is 12.1 Å². The van der Waals surface area contributed by atoms with E-state index in [0.717, 1.165) is 30.2 Å². The number of carboxylic acid groups (broad SMARTS) is 1. The van der Waals surface area contributed by atoms with Gasteiger partial charge in [0.15, 0.2) is 6.61 Å². The second-order valence-corrected chi connectivity index (χ2v) is 5.29. The lowest BCUT2D eigenvalue weighted by atomic mass is 10.0. The molecule has 0 spiro atoms. The van der Waals surface area contributed by atoms with Gasteiger partial charge in [-0.25, -0.2) is 4.79 Å². The maximum Gasteiger partial charge on any atom is 0.336 e. The zero-order valence-electron chi connectivity index (χ0n) is 13.3. The van der Waals surface area contributed by atoms with Crippen molar-refractivity contribution in [3.8, 4) is 5.75 Å². The Bertz CT molecular complexity index is 795. The minimum Gasteiger partial charge on any atom is -0.548 e. The molecule has 2 aromatic rings. The van der Waals surface area contributed by atoms with Gasteiger partial charge in [0.1, 0.15) is 11.3 Å². The van der Waals surface area contributed by atoms with Crippen molar-refractivity contribution < 1.29 is 23.8 Å². The van der Waals surface area contributed by atoms with Crippen molar-refractivity contribution in [1.82, 2.24) is 5.32 Å². The summed E-state index contributed by atoms with van der Waals surface area (Å²) in [5, 5.41) is 13.2. The lowest BCUT2D eigenvalue weighted by Gasteiger charge is -2.09. The van der Waals surface area contributed by atoms with Gasteiger partial charge in [0.2, 0.25) is 0 Å². The molecule has 1 aromatic carbocycles. The van der Waals surface area contributed by atoms with Crippen molar-refractivity contribution in [2.75, 3.05) is 13.2 Å². The average molecular weight is 332 g/mol. The van der Waals surface area contributed by atoms with E-state index in [2.05, 4.69) is 12.2 Å². The number of carbonyl (C=O) groups is 2. The first-order chi connectivity index (χ1) is 11.5. The first-order valence-corrected chi connectivity index (χ1v) is 7.65. The number of ether oxygens (including phenoxy) is 1. The highest BCUT2D eigenvalue weighted by Gasteiger charge is 2.08. The van der Waals surface area contributed by atoms with E-state index in [0.29, 0.717) is 11.3 Å². The fourth-order valence-electron chi connectivity index (χ4n) is 2.24. The first kappa shape index (κ1) is 17.5. The van der Waals surface area contributed by atoms with Crippen LogP contribution in [0.15, 0.2) is 33.5 Å².